The third-order valence-electron chi connectivity index (χ3n) is 5.25. The van der Waals surface area contributed by atoms with Gasteiger partial charge in [0, 0.05) is 12.1 Å². The lowest BCUT2D eigenvalue weighted by Crippen LogP contribution is -2.60. The number of unbranched alkanes of at least 4 members (excludes halogenated alkanes) is 1. The number of rotatable bonds is 8. The second-order valence-electron chi connectivity index (χ2n) is 7.49. The first-order chi connectivity index (χ1) is 13.6. The molecule has 28 heavy (non-hydrogen) atoms. The highest BCUT2D eigenvalue weighted by Gasteiger charge is 2.40. The Hall–Kier alpha value is -2.63. The Morgan fingerprint density at radius 1 is 1.14 bits per heavy atom. The standard InChI is InChI=1S/C22H29N3O3/c1-2-3-14-23-21(27)22(12-8-5-9-13-22)25-19(26)15-18-16-28-20(24-18)17-10-6-4-7-11-17/h4,6-7,10-11,16H,2-3,5,8-9,12-15H2,1H3,(H,23,27)(H,25,26). The average molecular weight is 383 g/mol. The van der Waals surface area contributed by atoms with E-state index in [1.165, 1.54) is 6.26 Å². The lowest BCUT2D eigenvalue weighted by Gasteiger charge is -2.36. The van der Waals surface area contributed by atoms with Gasteiger partial charge in [-0.1, -0.05) is 50.8 Å². The summed E-state index contributed by atoms with van der Waals surface area (Å²) in [6.45, 7) is 2.74. The number of carbonyl (C=O) groups is 2. The normalized spacial score (nSPS) is 15.8. The van der Waals surface area contributed by atoms with Gasteiger partial charge in [0.05, 0.1) is 12.1 Å². The van der Waals surface area contributed by atoms with E-state index in [1.54, 1.807) is 0 Å². The van der Waals surface area contributed by atoms with Gasteiger partial charge in [-0.05, 0) is 31.4 Å². The predicted molar refractivity (Wildman–Crippen MR) is 108 cm³/mol. The Kier molecular flexibility index (Phi) is 6.85. The van der Waals surface area contributed by atoms with Crippen LogP contribution in [-0.4, -0.2) is 28.9 Å². The number of nitrogens with one attached hydrogen (secondary N) is 2. The molecule has 1 aromatic carbocycles. The summed E-state index contributed by atoms with van der Waals surface area (Å²) < 4.78 is 5.51. The number of hydrogen-bond acceptors (Lipinski definition) is 4. The van der Waals surface area contributed by atoms with Gasteiger partial charge >= 0.3 is 0 Å². The van der Waals surface area contributed by atoms with Crippen molar-refractivity contribution >= 4 is 11.8 Å². The number of nitrogens with zero attached hydrogens (tertiary/aromatic N) is 1. The van der Waals surface area contributed by atoms with Crippen LogP contribution in [0.2, 0.25) is 0 Å². The largest absolute Gasteiger partial charge is 0.444 e. The van der Waals surface area contributed by atoms with Crippen molar-refractivity contribution in [2.24, 2.45) is 0 Å². The van der Waals surface area contributed by atoms with E-state index >= 15 is 0 Å². The minimum Gasteiger partial charge on any atom is -0.444 e. The van der Waals surface area contributed by atoms with Gasteiger partial charge in [0.25, 0.3) is 0 Å². The summed E-state index contributed by atoms with van der Waals surface area (Å²) in [6.07, 6.45) is 7.94. The molecule has 6 nitrogen and oxygen atoms in total. The SMILES string of the molecule is CCCCNC(=O)C1(NC(=O)Cc2coc(-c3ccccc3)n2)CCCCC1. The van der Waals surface area contributed by atoms with E-state index in [0.717, 1.165) is 37.7 Å². The van der Waals surface area contributed by atoms with Crippen LogP contribution in [-0.2, 0) is 16.0 Å². The van der Waals surface area contributed by atoms with Gasteiger partial charge in [-0.3, -0.25) is 9.59 Å². The molecule has 2 N–H and O–H groups in total. The first-order valence-electron chi connectivity index (χ1n) is 10.2. The fourth-order valence-corrected chi connectivity index (χ4v) is 3.69. The zero-order valence-corrected chi connectivity index (χ0v) is 16.5. The molecule has 6 heteroatoms. The van der Waals surface area contributed by atoms with E-state index in [0.29, 0.717) is 31.0 Å². The van der Waals surface area contributed by atoms with E-state index in [1.807, 2.05) is 30.3 Å². The molecule has 2 amide bonds. The molecule has 2 aromatic rings. The van der Waals surface area contributed by atoms with Crippen LogP contribution in [0, 0.1) is 0 Å². The van der Waals surface area contributed by atoms with Crippen LogP contribution in [0.25, 0.3) is 11.5 Å². The highest BCUT2D eigenvalue weighted by atomic mass is 16.3. The Balaban J connectivity index is 1.64. The first kappa shape index (κ1) is 20.1. The van der Waals surface area contributed by atoms with Crippen LogP contribution < -0.4 is 10.6 Å². The van der Waals surface area contributed by atoms with Crippen LogP contribution in [0.15, 0.2) is 41.0 Å². The molecule has 1 aliphatic carbocycles. The van der Waals surface area contributed by atoms with Crippen molar-refractivity contribution in [3.8, 4) is 11.5 Å². The van der Waals surface area contributed by atoms with Crippen LogP contribution in [0.4, 0.5) is 0 Å². The maximum absolute atomic E-state index is 12.8. The van der Waals surface area contributed by atoms with Crippen molar-refractivity contribution in [3.63, 3.8) is 0 Å². The lowest BCUT2D eigenvalue weighted by atomic mass is 9.80. The molecule has 150 valence electrons. The molecule has 0 aliphatic heterocycles. The summed E-state index contributed by atoms with van der Waals surface area (Å²) in [5.41, 5.74) is 0.636. The van der Waals surface area contributed by atoms with Crippen LogP contribution in [0.3, 0.4) is 0 Å². The fourth-order valence-electron chi connectivity index (χ4n) is 3.69. The number of benzene rings is 1. The minimum atomic E-state index is -0.797. The van der Waals surface area contributed by atoms with Crippen molar-refractivity contribution in [1.82, 2.24) is 15.6 Å². The van der Waals surface area contributed by atoms with Crippen LogP contribution >= 0.6 is 0 Å². The molecule has 1 saturated carbocycles. The predicted octanol–water partition coefficient (Wildman–Crippen LogP) is 3.62. The van der Waals surface area contributed by atoms with Gasteiger partial charge in [0.15, 0.2) is 0 Å². The average Bonchev–Trinajstić information content (AvgIpc) is 3.17. The van der Waals surface area contributed by atoms with Crippen molar-refractivity contribution in [2.45, 2.75) is 63.8 Å². The summed E-state index contributed by atoms with van der Waals surface area (Å²) in [7, 11) is 0. The maximum Gasteiger partial charge on any atom is 0.245 e. The topological polar surface area (TPSA) is 84.2 Å². The van der Waals surface area contributed by atoms with E-state index in [9.17, 15) is 9.59 Å². The number of aromatic nitrogens is 1. The van der Waals surface area contributed by atoms with Crippen molar-refractivity contribution in [3.05, 3.63) is 42.3 Å². The first-order valence-corrected chi connectivity index (χ1v) is 10.2. The van der Waals surface area contributed by atoms with Crippen molar-refractivity contribution in [1.29, 1.82) is 0 Å². The third kappa shape index (κ3) is 5.00. The monoisotopic (exact) mass is 383 g/mol. The second kappa shape index (κ2) is 9.53. The second-order valence-corrected chi connectivity index (χ2v) is 7.49. The van der Waals surface area contributed by atoms with Gasteiger partial charge in [-0.2, -0.15) is 0 Å². The quantitative estimate of drug-likeness (QED) is 0.682. The Morgan fingerprint density at radius 3 is 2.61 bits per heavy atom. The molecule has 1 aliphatic rings. The van der Waals surface area contributed by atoms with Gasteiger partial charge in [0.2, 0.25) is 17.7 Å². The van der Waals surface area contributed by atoms with E-state index in [2.05, 4.69) is 22.5 Å². The zero-order valence-electron chi connectivity index (χ0n) is 16.5. The van der Waals surface area contributed by atoms with Gasteiger partial charge in [-0.15, -0.1) is 0 Å². The van der Waals surface area contributed by atoms with Crippen molar-refractivity contribution in [2.75, 3.05) is 6.54 Å². The minimum absolute atomic E-state index is 0.0564. The number of carbonyl (C=O) groups excluding carboxylic acids is 2. The lowest BCUT2D eigenvalue weighted by molar-refractivity contribution is -0.134. The maximum atomic E-state index is 12.8. The molecule has 0 radical (unpaired) electrons. The molecular formula is C22H29N3O3. The zero-order chi connectivity index (χ0) is 19.8. The smallest absolute Gasteiger partial charge is 0.245 e. The fraction of sp³-hybridized carbons (Fsp3) is 0.500. The molecule has 1 fully saturated rings. The van der Waals surface area contributed by atoms with Crippen molar-refractivity contribution < 1.29 is 14.0 Å². The number of amides is 2. The molecule has 0 spiro atoms. The summed E-state index contributed by atoms with van der Waals surface area (Å²) in [4.78, 5) is 29.9. The Labute approximate surface area is 166 Å². The van der Waals surface area contributed by atoms with Gasteiger partial charge in [-0.25, -0.2) is 4.98 Å². The molecule has 1 heterocycles. The van der Waals surface area contributed by atoms with Crippen LogP contribution in [0.1, 0.15) is 57.6 Å². The molecule has 1 aromatic heterocycles. The highest BCUT2D eigenvalue weighted by Crippen LogP contribution is 2.29. The molecule has 3 rings (SSSR count). The van der Waals surface area contributed by atoms with Crippen LogP contribution in [0.5, 0.6) is 0 Å². The molecule has 0 bridgehead atoms. The Morgan fingerprint density at radius 2 is 1.89 bits per heavy atom. The molecule has 0 saturated heterocycles. The Bertz CT molecular complexity index is 779. The van der Waals surface area contributed by atoms with E-state index < -0.39 is 5.54 Å². The summed E-state index contributed by atoms with van der Waals surface area (Å²) in [5.74, 6) is 0.243. The number of hydrogen-bond donors (Lipinski definition) is 2. The molecular weight excluding hydrogens is 354 g/mol. The highest BCUT2D eigenvalue weighted by molar-refractivity contribution is 5.92. The van der Waals surface area contributed by atoms with E-state index in [4.69, 9.17) is 4.42 Å². The van der Waals surface area contributed by atoms with Gasteiger partial charge in [0.1, 0.15) is 11.8 Å². The molecule has 0 atom stereocenters. The summed E-state index contributed by atoms with van der Waals surface area (Å²) >= 11 is 0. The molecule has 0 unspecified atom stereocenters. The van der Waals surface area contributed by atoms with Gasteiger partial charge < -0.3 is 15.1 Å². The third-order valence-corrected chi connectivity index (χ3v) is 5.25. The number of oxazole rings is 1. The van der Waals surface area contributed by atoms with E-state index in [-0.39, 0.29) is 18.2 Å². The summed E-state index contributed by atoms with van der Waals surface area (Å²) in [6, 6.07) is 9.57. The summed E-state index contributed by atoms with van der Waals surface area (Å²) in [5, 5.41) is 6.03.